The molecule has 1 fully saturated rings. The van der Waals surface area contributed by atoms with Gasteiger partial charge >= 0.3 is 0 Å². The molecular weight excluding hydrogens is 376 g/mol. The number of hydrogen-bond donors (Lipinski definition) is 1. The molecule has 0 atom stereocenters. The van der Waals surface area contributed by atoms with Crippen molar-refractivity contribution in [3.05, 3.63) is 54.4 Å². The lowest BCUT2D eigenvalue weighted by Gasteiger charge is -2.30. The van der Waals surface area contributed by atoms with Gasteiger partial charge in [-0.05, 0) is 56.1 Å². The summed E-state index contributed by atoms with van der Waals surface area (Å²) in [5.41, 5.74) is 4.26. The van der Waals surface area contributed by atoms with E-state index in [1.807, 2.05) is 0 Å². The zero-order valence-electron chi connectivity index (χ0n) is 17.6. The minimum atomic E-state index is -0.833. The summed E-state index contributed by atoms with van der Waals surface area (Å²) >= 11 is 0. The molecule has 0 radical (unpaired) electrons. The average Bonchev–Trinajstić information content (AvgIpc) is 3.13. The van der Waals surface area contributed by atoms with Gasteiger partial charge in [0.05, 0.1) is 16.6 Å². The summed E-state index contributed by atoms with van der Waals surface area (Å²) in [4.78, 5) is 21.5. The largest absolute Gasteiger partial charge is 0.481 e. The smallest absolute Gasteiger partial charge is 0.300 e. The van der Waals surface area contributed by atoms with Gasteiger partial charge in [0.25, 0.3) is 5.97 Å². The van der Waals surface area contributed by atoms with Gasteiger partial charge in [0.15, 0.2) is 0 Å². The van der Waals surface area contributed by atoms with E-state index in [0.29, 0.717) is 0 Å². The molecule has 5 rings (SSSR count). The Morgan fingerprint density at radius 1 is 1.03 bits per heavy atom. The van der Waals surface area contributed by atoms with E-state index < -0.39 is 5.97 Å². The van der Waals surface area contributed by atoms with Gasteiger partial charge < -0.3 is 10.0 Å². The van der Waals surface area contributed by atoms with Crippen LogP contribution in [0.2, 0.25) is 0 Å². The van der Waals surface area contributed by atoms with Crippen LogP contribution in [0, 0.1) is 5.92 Å². The van der Waals surface area contributed by atoms with Gasteiger partial charge in [-0.1, -0.05) is 31.2 Å². The van der Waals surface area contributed by atoms with Crippen molar-refractivity contribution in [2.75, 3.05) is 19.6 Å². The van der Waals surface area contributed by atoms with Crippen LogP contribution in [0.1, 0.15) is 32.5 Å². The summed E-state index contributed by atoms with van der Waals surface area (Å²) < 4.78 is 2.27. The summed E-state index contributed by atoms with van der Waals surface area (Å²) in [7, 11) is 0. The van der Waals surface area contributed by atoms with E-state index in [-0.39, 0.29) is 0 Å². The summed E-state index contributed by atoms with van der Waals surface area (Å²) in [6, 6.07) is 16.7. The maximum absolute atomic E-state index is 9.00. The molecule has 0 aliphatic carbocycles. The standard InChI is InChI=1S/C22H24N4.C2H4O2/c1-16-10-13-25(14-11-16)15-12-21-23-18-7-3-2-6-17(18)22-24-19-8-4-5-9-20(19)26(21)22;1-2(3)4/h2-9,16H,10-15H2,1H3;1H3,(H,3,4). The second-order valence-corrected chi connectivity index (χ2v) is 8.10. The molecule has 1 saturated heterocycles. The predicted molar refractivity (Wildman–Crippen MR) is 120 cm³/mol. The van der Waals surface area contributed by atoms with E-state index in [0.717, 1.165) is 59.2 Å². The van der Waals surface area contributed by atoms with Crippen molar-refractivity contribution in [1.82, 2.24) is 19.3 Å². The number of carboxylic acids is 1. The molecule has 0 unspecified atom stereocenters. The van der Waals surface area contributed by atoms with Crippen molar-refractivity contribution in [2.45, 2.75) is 33.1 Å². The van der Waals surface area contributed by atoms with Crippen molar-refractivity contribution in [3.8, 4) is 0 Å². The highest BCUT2D eigenvalue weighted by Gasteiger charge is 2.18. The van der Waals surface area contributed by atoms with Gasteiger partial charge in [-0.3, -0.25) is 9.20 Å². The number of hydrogen-bond acceptors (Lipinski definition) is 4. The molecule has 3 heterocycles. The van der Waals surface area contributed by atoms with Crippen molar-refractivity contribution in [3.63, 3.8) is 0 Å². The Labute approximate surface area is 176 Å². The Kier molecular flexibility index (Phi) is 5.95. The van der Waals surface area contributed by atoms with Crippen molar-refractivity contribution < 1.29 is 9.90 Å². The number of aliphatic carboxylic acids is 1. The van der Waals surface area contributed by atoms with Crippen molar-refractivity contribution in [1.29, 1.82) is 0 Å². The molecule has 1 N–H and O–H groups in total. The first-order valence-electron chi connectivity index (χ1n) is 10.6. The highest BCUT2D eigenvalue weighted by Crippen LogP contribution is 2.25. The van der Waals surface area contributed by atoms with E-state index in [4.69, 9.17) is 19.9 Å². The fourth-order valence-corrected chi connectivity index (χ4v) is 4.13. The third-order valence-corrected chi connectivity index (χ3v) is 5.74. The number of carboxylic acid groups (broad SMARTS) is 1. The molecule has 6 heteroatoms. The van der Waals surface area contributed by atoms with Gasteiger partial charge in [0.2, 0.25) is 0 Å². The molecule has 2 aromatic carbocycles. The molecule has 0 bridgehead atoms. The first kappa shape index (κ1) is 20.3. The highest BCUT2D eigenvalue weighted by atomic mass is 16.4. The van der Waals surface area contributed by atoms with E-state index in [1.54, 1.807) is 0 Å². The minimum absolute atomic E-state index is 0.833. The predicted octanol–water partition coefficient (Wildman–Crippen LogP) is 4.40. The topological polar surface area (TPSA) is 70.7 Å². The fraction of sp³-hybridized carbons (Fsp3) is 0.375. The number of rotatable bonds is 3. The lowest BCUT2D eigenvalue weighted by molar-refractivity contribution is -0.134. The van der Waals surface area contributed by atoms with Crippen LogP contribution in [-0.4, -0.2) is 50.0 Å². The van der Waals surface area contributed by atoms with Crippen LogP contribution < -0.4 is 0 Å². The maximum atomic E-state index is 9.00. The number of fused-ring (bicyclic) bond motifs is 5. The van der Waals surface area contributed by atoms with E-state index in [9.17, 15) is 0 Å². The van der Waals surface area contributed by atoms with Crippen molar-refractivity contribution >= 4 is 33.6 Å². The minimum Gasteiger partial charge on any atom is -0.481 e. The molecular formula is C24H28N4O2. The lowest BCUT2D eigenvalue weighted by Crippen LogP contribution is -2.34. The lowest BCUT2D eigenvalue weighted by atomic mass is 9.99. The first-order valence-corrected chi connectivity index (χ1v) is 10.6. The number of piperidine rings is 1. The van der Waals surface area contributed by atoms with Crippen LogP contribution in [-0.2, 0) is 11.2 Å². The van der Waals surface area contributed by atoms with Crippen molar-refractivity contribution in [2.24, 2.45) is 5.92 Å². The van der Waals surface area contributed by atoms with Crippen LogP contribution in [0.15, 0.2) is 48.5 Å². The number of imidazole rings is 1. The zero-order chi connectivity index (χ0) is 21.1. The van der Waals surface area contributed by atoms with Gasteiger partial charge in [-0.2, -0.15) is 0 Å². The third-order valence-electron chi connectivity index (χ3n) is 5.74. The Bertz CT molecular complexity index is 1170. The molecule has 1 aliphatic rings. The van der Waals surface area contributed by atoms with Gasteiger partial charge in [-0.25, -0.2) is 9.97 Å². The molecule has 6 nitrogen and oxygen atoms in total. The number of para-hydroxylation sites is 3. The molecule has 1 aliphatic heterocycles. The maximum Gasteiger partial charge on any atom is 0.300 e. The van der Waals surface area contributed by atoms with Gasteiger partial charge in [-0.15, -0.1) is 0 Å². The van der Waals surface area contributed by atoms with E-state index >= 15 is 0 Å². The number of aromatic nitrogens is 3. The van der Waals surface area contributed by atoms with E-state index in [2.05, 4.69) is 64.8 Å². The quantitative estimate of drug-likeness (QED) is 0.548. The third kappa shape index (κ3) is 4.28. The molecule has 0 amide bonds. The Balaban J connectivity index is 0.000000503. The molecule has 0 spiro atoms. The first-order chi connectivity index (χ1) is 14.5. The summed E-state index contributed by atoms with van der Waals surface area (Å²) in [5, 5.41) is 8.54. The van der Waals surface area contributed by atoms with Crippen LogP contribution in [0.5, 0.6) is 0 Å². The normalized spacial score (nSPS) is 15.4. The van der Waals surface area contributed by atoms with Gasteiger partial charge in [0.1, 0.15) is 11.5 Å². The van der Waals surface area contributed by atoms with Crippen LogP contribution >= 0.6 is 0 Å². The second-order valence-electron chi connectivity index (χ2n) is 8.10. The Morgan fingerprint density at radius 2 is 1.67 bits per heavy atom. The second kappa shape index (κ2) is 8.79. The monoisotopic (exact) mass is 404 g/mol. The summed E-state index contributed by atoms with van der Waals surface area (Å²) in [6.07, 6.45) is 3.58. The number of benzene rings is 2. The molecule has 4 aromatic rings. The van der Waals surface area contributed by atoms with E-state index in [1.165, 1.54) is 25.9 Å². The van der Waals surface area contributed by atoms with Crippen LogP contribution in [0.4, 0.5) is 0 Å². The number of nitrogens with zero attached hydrogens (tertiary/aromatic N) is 4. The molecule has 0 saturated carbocycles. The number of carbonyl (C=O) groups is 1. The SMILES string of the molecule is CC(=O)O.CC1CCN(CCc2nc3ccccc3c3nc4ccccc4n23)CC1. The van der Waals surface area contributed by atoms with Crippen LogP contribution in [0.25, 0.3) is 27.6 Å². The molecule has 30 heavy (non-hydrogen) atoms. The molecule has 2 aromatic heterocycles. The highest BCUT2D eigenvalue weighted by molar-refractivity contribution is 5.96. The summed E-state index contributed by atoms with van der Waals surface area (Å²) in [6.45, 7) is 6.94. The van der Waals surface area contributed by atoms with Gasteiger partial charge in [0, 0.05) is 25.3 Å². The Morgan fingerprint density at radius 3 is 2.40 bits per heavy atom. The zero-order valence-corrected chi connectivity index (χ0v) is 17.6. The fourth-order valence-electron chi connectivity index (χ4n) is 4.13. The number of likely N-dealkylation sites (tertiary alicyclic amines) is 1. The summed E-state index contributed by atoms with van der Waals surface area (Å²) in [5.74, 6) is 1.15. The van der Waals surface area contributed by atoms with Crippen LogP contribution in [0.3, 0.4) is 0 Å². The Hall–Kier alpha value is -2.99. The molecule has 156 valence electrons. The average molecular weight is 405 g/mol.